The predicted octanol–water partition coefficient (Wildman–Crippen LogP) is 4.13. The van der Waals surface area contributed by atoms with E-state index in [4.69, 9.17) is 16.3 Å². The number of nitrogens with one attached hydrogen (secondary N) is 1. The molecule has 6 nitrogen and oxygen atoms in total. The summed E-state index contributed by atoms with van der Waals surface area (Å²) in [4.78, 5) is 38.4. The van der Waals surface area contributed by atoms with Crippen LogP contribution in [-0.2, 0) is 14.4 Å². The van der Waals surface area contributed by atoms with E-state index in [1.807, 2.05) is 6.92 Å². The van der Waals surface area contributed by atoms with Crippen LogP contribution in [0.1, 0.15) is 19.8 Å². The van der Waals surface area contributed by atoms with Crippen LogP contribution in [0.2, 0.25) is 5.02 Å². The lowest BCUT2D eigenvalue weighted by Gasteiger charge is -2.15. The summed E-state index contributed by atoms with van der Waals surface area (Å²) in [6.07, 6.45) is 0.969. The second-order valence-corrected chi connectivity index (χ2v) is 8.10. The van der Waals surface area contributed by atoms with Gasteiger partial charge in [0.25, 0.3) is 0 Å². The molecule has 1 saturated heterocycles. The highest BCUT2D eigenvalue weighted by molar-refractivity contribution is 8.01. The Morgan fingerprint density at radius 1 is 1.24 bits per heavy atom. The number of hydrogen-bond acceptors (Lipinski definition) is 5. The first-order valence-electron chi connectivity index (χ1n) is 9.24. The van der Waals surface area contributed by atoms with Gasteiger partial charge in [-0.25, -0.2) is 4.90 Å². The first-order chi connectivity index (χ1) is 14.0. The van der Waals surface area contributed by atoms with Crippen molar-refractivity contribution in [1.29, 1.82) is 0 Å². The molecule has 1 atom stereocenters. The summed E-state index contributed by atoms with van der Waals surface area (Å²) in [5.74, 6) is -0.0807. The Balaban J connectivity index is 1.56. The minimum Gasteiger partial charge on any atom is -0.494 e. The molecule has 0 bridgehead atoms. The molecule has 0 aromatic heterocycles. The summed E-state index contributed by atoms with van der Waals surface area (Å²) in [5, 5.41) is 2.67. The number of ether oxygens (including phenoxy) is 1. The van der Waals surface area contributed by atoms with E-state index in [-0.39, 0.29) is 29.9 Å². The number of anilines is 2. The normalized spacial score (nSPS) is 16.2. The third-order valence-corrected chi connectivity index (χ3v) is 5.63. The average molecular weight is 433 g/mol. The van der Waals surface area contributed by atoms with Crippen LogP contribution in [0.3, 0.4) is 0 Å². The van der Waals surface area contributed by atoms with Crippen LogP contribution < -0.4 is 15.0 Å². The third kappa shape index (κ3) is 5.52. The Bertz CT molecular complexity index is 904. The van der Waals surface area contributed by atoms with Crippen LogP contribution in [-0.4, -0.2) is 35.3 Å². The number of thioether (sulfide) groups is 1. The van der Waals surface area contributed by atoms with Gasteiger partial charge in [0.2, 0.25) is 17.7 Å². The van der Waals surface area contributed by atoms with Crippen LogP contribution in [0.5, 0.6) is 5.75 Å². The predicted molar refractivity (Wildman–Crippen MR) is 116 cm³/mol. The molecule has 0 radical (unpaired) electrons. The smallest absolute Gasteiger partial charge is 0.247 e. The highest BCUT2D eigenvalue weighted by Gasteiger charge is 2.40. The van der Waals surface area contributed by atoms with Crippen molar-refractivity contribution >= 4 is 52.5 Å². The molecule has 1 N–H and O–H groups in total. The molecule has 2 aromatic carbocycles. The molecule has 0 unspecified atom stereocenters. The average Bonchev–Trinajstić information content (AvgIpc) is 2.98. The molecule has 0 spiro atoms. The third-order valence-electron chi connectivity index (χ3n) is 4.20. The molecule has 1 aliphatic heterocycles. The van der Waals surface area contributed by atoms with Gasteiger partial charge in [0.05, 0.1) is 23.3 Å². The van der Waals surface area contributed by atoms with E-state index in [2.05, 4.69) is 5.32 Å². The van der Waals surface area contributed by atoms with E-state index in [0.717, 1.165) is 18.2 Å². The van der Waals surface area contributed by atoms with Crippen molar-refractivity contribution in [3.05, 3.63) is 53.6 Å². The molecule has 8 heteroatoms. The summed E-state index contributed by atoms with van der Waals surface area (Å²) < 4.78 is 5.52. The lowest BCUT2D eigenvalue weighted by molar-refractivity contribution is -0.121. The second-order valence-electron chi connectivity index (χ2n) is 6.47. The topological polar surface area (TPSA) is 75.7 Å². The Hall–Kier alpha value is -2.51. The zero-order valence-electron chi connectivity index (χ0n) is 15.9. The molecule has 0 saturated carbocycles. The zero-order valence-corrected chi connectivity index (χ0v) is 17.5. The van der Waals surface area contributed by atoms with Crippen molar-refractivity contribution in [2.45, 2.75) is 25.0 Å². The number of amides is 3. The van der Waals surface area contributed by atoms with E-state index in [9.17, 15) is 14.4 Å². The largest absolute Gasteiger partial charge is 0.494 e. The van der Waals surface area contributed by atoms with Crippen molar-refractivity contribution in [3.8, 4) is 5.75 Å². The van der Waals surface area contributed by atoms with Gasteiger partial charge in [-0.1, -0.05) is 24.6 Å². The van der Waals surface area contributed by atoms with Gasteiger partial charge in [-0.2, -0.15) is 0 Å². The molecule has 3 amide bonds. The highest BCUT2D eigenvalue weighted by Crippen LogP contribution is 2.30. The van der Waals surface area contributed by atoms with E-state index in [1.165, 1.54) is 4.90 Å². The summed E-state index contributed by atoms with van der Waals surface area (Å²) in [6, 6.07) is 13.7. The SMILES string of the molecule is CCCOc1ccc(N2C(=O)C[C@H](SCC(=O)Nc3cccc(Cl)c3)C2=O)cc1. The Morgan fingerprint density at radius 2 is 2.00 bits per heavy atom. The first kappa shape index (κ1) is 21.2. The molecule has 3 rings (SSSR count). The number of carbonyl (C=O) groups is 3. The van der Waals surface area contributed by atoms with E-state index in [1.54, 1.807) is 48.5 Å². The Morgan fingerprint density at radius 3 is 2.69 bits per heavy atom. The van der Waals surface area contributed by atoms with E-state index in [0.29, 0.717) is 28.8 Å². The van der Waals surface area contributed by atoms with Crippen LogP contribution in [0.15, 0.2) is 48.5 Å². The highest BCUT2D eigenvalue weighted by atomic mass is 35.5. The van der Waals surface area contributed by atoms with Crippen molar-refractivity contribution in [3.63, 3.8) is 0 Å². The number of hydrogen-bond donors (Lipinski definition) is 1. The zero-order chi connectivity index (χ0) is 20.8. The lowest BCUT2D eigenvalue weighted by atomic mass is 10.3. The summed E-state index contributed by atoms with van der Waals surface area (Å²) >= 11 is 7.06. The Kier molecular flexibility index (Phi) is 7.17. The fourth-order valence-corrected chi connectivity index (χ4v) is 3.98. The number of imide groups is 1. The van der Waals surface area contributed by atoms with Crippen molar-refractivity contribution < 1.29 is 19.1 Å². The van der Waals surface area contributed by atoms with Crippen molar-refractivity contribution in [2.24, 2.45) is 0 Å². The molecule has 1 heterocycles. The molecule has 29 heavy (non-hydrogen) atoms. The lowest BCUT2D eigenvalue weighted by Crippen LogP contribution is -2.31. The standard InChI is InChI=1S/C21H21ClN2O4S/c1-2-10-28-17-8-6-16(7-9-17)24-20(26)12-18(21(24)27)29-13-19(25)23-15-5-3-4-14(22)11-15/h3-9,11,18H,2,10,12-13H2,1H3,(H,23,25)/t18-/m0/s1. The molecular formula is C21H21ClN2O4S. The fraction of sp³-hybridized carbons (Fsp3) is 0.286. The molecule has 0 aliphatic carbocycles. The molecule has 1 fully saturated rings. The van der Waals surface area contributed by atoms with Crippen LogP contribution in [0.4, 0.5) is 11.4 Å². The quantitative estimate of drug-likeness (QED) is 0.634. The van der Waals surface area contributed by atoms with E-state index < -0.39 is 5.25 Å². The summed E-state index contributed by atoms with van der Waals surface area (Å²) in [5.41, 5.74) is 1.10. The van der Waals surface area contributed by atoms with Gasteiger partial charge in [-0.05, 0) is 48.9 Å². The van der Waals surface area contributed by atoms with Gasteiger partial charge < -0.3 is 10.1 Å². The first-order valence-corrected chi connectivity index (χ1v) is 10.7. The number of carbonyl (C=O) groups excluding carboxylic acids is 3. The van der Waals surface area contributed by atoms with Gasteiger partial charge in [-0.15, -0.1) is 11.8 Å². The maximum atomic E-state index is 12.7. The second kappa shape index (κ2) is 9.80. The van der Waals surface area contributed by atoms with Gasteiger partial charge in [0.15, 0.2) is 0 Å². The fourth-order valence-electron chi connectivity index (χ4n) is 2.86. The van der Waals surface area contributed by atoms with Crippen LogP contribution in [0, 0.1) is 0 Å². The van der Waals surface area contributed by atoms with Crippen LogP contribution >= 0.6 is 23.4 Å². The number of benzene rings is 2. The van der Waals surface area contributed by atoms with Crippen molar-refractivity contribution in [2.75, 3.05) is 22.6 Å². The van der Waals surface area contributed by atoms with Gasteiger partial charge in [0, 0.05) is 17.1 Å². The van der Waals surface area contributed by atoms with Crippen LogP contribution in [0.25, 0.3) is 0 Å². The number of rotatable bonds is 8. The maximum Gasteiger partial charge on any atom is 0.247 e. The molecule has 2 aromatic rings. The summed E-state index contributed by atoms with van der Waals surface area (Å²) in [7, 11) is 0. The monoisotopic (exact) mass is 432 g/mol. The molecule has 152 valence electrons. The number of nitrogens with zero attached hydrogens (tertiary/aromatic N) is 1. The Labute approximate surface area is 178 Å². The van der Waals surface area contributed by atoms with Gasteiger partial charge in [-0.3, -0.25) is 14.4 Å². The van der Waals surface area contributed by atoms with Gasteiger partial charge >= 0.3 is 0 Å². The number of halogens is 1. The van der Waals surface area contributed by atoms with Gasteiger partial charge in [0.1, 0.15) is 5.75 Å². The van der Waals surface area contributed by atoms with E-state index >= 15 is 0 Å². The minimum absolute atomic E-state index is 0.0633. The molecule has 1 aliphatic rings. The molecular weight excluding hydrogens is 412 g/mol. The minimum atomic E-state index is -0.580. The summed E-state index contributed by atoms with van der Waals surface area (Å²) in [6.45, 7) is 2.62. The van der Waals surface area contributed by atoms with Crippen molar-refractivity contribution in [1.82, 2.24) is 0 Å². The maximum absolute atomic E-state index is 12.7.